The quantitative estimate of drug-likeness (QED) is 0.391. The van der Waals surface area contributed by atoms with Crippen molar-refractivity contribution in [1.82, 2.24) is 19.9 Å². The van der Waals surface area contributed by atoms with E-state index in [1.807, 2.05) is 30.3 Å². The number of carboxylic acid groups (broad SMARTS) is 1. The summed E-state index contributed by atoms with van der Waals surface area (Å²) in [5.41, 5.74) is 3.81. The maximum absolute atomic E-state index is 11.2. The molecular weight excluding hydrogens is 440 g/mol. The van der Waals surface area contributed by atoms with E-state index in [0.29, 0.717) is 22.8 Å². The predicted molar refractivity (Wildman–Crippen MR) is 130 cm³/mol. The smallest absolute Gasteiger partial charge is 0.335 e. The van der Waals surface area contributed by atoms with Crippen LogP contribution in [-0.4, -0.2) is 57.1 Å². The number of fused-ring (bicyclic) bond motifs is 1. The Morgan fingerprint density at radius 3 is 2.70 bits per heavy atom. The Labute approximate surface area is 195 Å². The highest BCUT2D eigenvalue weighted by molar-refractivity contribution is 6.33. The molecule has 0 aliphatic carbocycles. The van der Waals surface area contributed by atoms with Crippen molar-refractivity contribution in [2.24, 2.45) is 0 Å². The van der Waals surface area contributed by atoms with Crippen molar-refractivity contribution in [1.29, 1.82) is 0 Å². The zero-order chi connectivity index (χ0) is 22.8. The Morgan fingerprint density at radius 2 is 1.91 bits per heavy atom. The fourth-order valence-corrected chi connectivity index (χ4v) is 4.33. The van der Waals surface area contributed by atoms with E-state index < -0.39 is 5.97 Å². The number of piperazine rings is 1. The fourth-order valence-electron chi connectivity index (χ4n) is 4.08. The molecule has 0 spiro atoms. The lowest BCUT2D eigenvalue weighted by Gasteiger charge is -2.36. The number of halogens is 1. The lowest BCUT2D eigenvalue weighted by atomic mass is 10.2. The van der Waals surface area contributed by atoms with Gasteiger partial charge in [-0.3, -0.25) is 4.90 Å². The van der Waals surface area contributed by atoms with Gasteiger partial charge < -0.3 is 20.3 Å². The van der Waals surface area contributed by atoms with E-state index in [2.05, 4.69) is 36.1 Å². The van der Waals surface area contributed by atoms with Gasteiger partial charge in [-0.25, -0.2) is 14.8 Å². The molecule has 2 aromatic heterocycles. The van der Waals surface area contributed by atoms with Crippen LogP contribution in [0.25, 0.3) is 11.0 Å². The molecule has 168 valence electrons. The number of anilines is 3. The highest BCUT2D eigenvalue weighted by atomic mass is 35.5. The van der Waals surface area contributed by atoms with E-state index in [1.54, 1.807) is 24.4 Å². The van der Waals surface area contributed by atoms with Gasteiger partial charge in [0.05, 0.1) is 27.3 Å². The SMILES string of the molecule is O=C(O)c1ccc2nc(Nc3cc(CN4CCN(c5ccccc5Cl)CC4)ccn3)[nH]c2c1. The molecule has 1 aliphatic rings. The number of para-hydroxylation sites is 1. The Bertz CT molecular complexity index is 1300. The molecule has 3 heterocycles. The Morgan fingerprint density at radius 1 is 1.09 bits per heavy atom. The van der Waals surface area contributed by atoms with Crippen LogP contribution in [0.1, 0.15) is 15.9 Å². The zero-order valence-corrected chi connectivity index (χ0v) is 18.6. The average Bonchev–Trinajstić information content (AvgIpc) is 3.22. The molecule has 2 aromatic carbocycles. The van der Waals surface area contributed by atoms with Crippen molar-refractivity contribution in [3.63, 3.8) is 0 Å². The number of pyridine rings is 1. The third-order valence-electron chi connectivity index (χ3n) is 5.77. The molecule has 1 fully saturated rings. The summed E-state index contributed by atoms with van der Waals surface area (Å²) in [4.78, 5) is 27.9. The number of nitrogens with zero attached hydrogens (tertiary/aromatic N) is 4. The highest BCUT2D eigenvalue weighted by Gasteiger charge is 2.19. The first kappa shape index (κ1) is 21.2. The summed E-state index contributed by atoms with van der Waals surface area (Å²) in [6.07, 6.45) is 1.78. The van der Waals surface area contributed by atoms with Crippen LogP contribution in [0.4, 0.5) is 17.5 Å². The minimum absolute atomic E-state index is 0.215. The van der Waals surface area contributed by atoms with Crippen LogP contribution < -0.4 is 10.2 Å². The summed E-state index contributed by atoms with van der Waals surface area (Å²) in [6, 6.07) is 16.8. The minimum atomic E-state index is -0.969. The van der Waals surface area contributed by atoms with Gasteiger partial charge in [-0.1, -0.05) is 23.7 Å². The standard InChI is InChI=1S/C24H23ClN6O2/c25-18-3-1-2-4-21(18)31-11-9-30(10-12-31)15-16-7-8-26-22(13-16)29-24-27-19-6-5-17(23(32)33)14-20(19)28-24/h1-8,13-14H,9-12,15H2,(H,32,33)(H2,26,27,28,29). The Hall–Kier alpha value is -3.62. The molecular formula is C24H23ClN6O2. The number of nitrogens with one attached hydrogen (secondary N) is 2. The number of benzene rings is 2. The molecule has 5 rings (SSSR count). The summed E-state index contributed by atoms with van der Waals surface area (Å²) < 4.78 is 0. The van der Waals surface area contributed by atoms with Gasteiger partial charge in [0.15, 0.2) is 0 Å². The van der Waals surface area contributed by atoms with E-state index in [1.165, 1.54) is 0 Å². The maximum Gasteiger partial charge on any atom is 0.335 e. The second kappa shape index (κ2) is 9.09. The maximum atomic E-state index is 11.2. The van der Waals surface area contributed by atoms with Crippen LogP contribution in [0.15, 0.2) is 60.8 Å². The first-order chi connectivity index (χ1) is 16.0. The average molecular weight is 463 g/mol. The molecule has 1 saturated heterocycles. The molecule has 3 N–H and O–H groups in total. The van der Waals surface area contributed by atoms with Crippen LogP contribution >= 0.6 is 11.6 Å². The third-order valence-corrected chi connectivity index (χ3v) is 6.09. The van der Waals surface area contributed by atoms with Gasteiger partial charge in [0.2, 0.25) is 5.95 Å². The Kier molecular flexibility index (Phi) is 5.85. The van der Waals surface area contributed by atoms with E-state index in [0.717, 1.165) is 49.0 Å². The minimum Gasteiger partial charge on any atom is -0.478 e. The second-order valence-electron chi connectivity index (χ2n) is 8.01. The van der Waals surface area contributed by atoms with Crippen molar-refractivity contribution >= 4 is 46.1 Å². The van der Waals surface area contributed by atoms with Gasteiger partial charge in [-0.2, -0.15) is 0 Å². The van der Waals surface area contributed by atoms with Gasteiger partial charge >= 0.3 is 5.97 Å². The normalized spacial score (nSPS) is 14.5. The Balaban J connectivity index is 1.22. The summed E-state index contributed by atoms with van der Waals surface area (Å²) in [6.45, 7) is 4.59. The van der Waals surface area contributed by atoms with Crippen molar-refractivity contribution in [3.05, 3.63) is 76.9 Å². The van der Waals surface area contributed by atoms with Crippen LogP contribution in [0.5, 0.6) is 0 Å². The molecule has 0 bridgehead atoms. The van der Waals surface area contributed by atoms with Crippen molar-refractivity contribution in [3.8, 4) is 0 Å². The number of H-pyrrole nitrogens is 1. The van der Waals surface area contributed by atoms with Crippen LogP contribution in [-0.2, 0) is 6.54 Å². The molecule has 33 heavy (non-hydrogen) atoms. The van der Waals surface area contributed by atoms with Crippen LogP contribution in [0, 0.1) is 0 Å². The number of hydrogen-bond acceptors (Lipinski definition) is 6. The van der Waals surface area contributed by atoms with Crippen LogP contribution in [0.2, 0.25) is 5.02 Å². The molecule has 0 amide bonds. The van der Waals surface area contributed by atoms with E-state index in [9.17, 15) is 4.79 Å². The van der Waals surface area contributed by atoms with E-state index >= 15 is 0 Å². The number of rotatable bonds is 6. The second-order valence-corrected chi connectivity index (χ2v) is 8.42. The van der Waals surface area contributed by atoms with E-state index in [-0.39, 0.29) is 5.56 Å². The number of carbonyl (C=O) groups is 1. The molecule has 4 aromatic rings. The van der Waals surface area contributed by atoms with Gasteiger partial charge in [0, 0.05) is 38.9 Å². The topological polar surface area (TPSA) is 97.4 Å². The number of imidazole rings is 1. The van der Waals surface area contributed by atoms with E-state index in [4.69, 9.17) is 16.7 Å². The predicted octanol–water partition coefficient (Wildman–Crippen LogP) is 4.38. The lowest BCUT2D eigenvalue weighted by molar-refractivity contribution is 0.0697. The molecule has 0 atom stereocenters. The van der Waals surface area contributed by atoms with Crippen molar-refractivity contribution in [2.45, 2.75) is 6.54 Å². The van der Waals surface area contributed by atoms with Crippen LogP contribution in [0.3, 0.4) is 0 Å². The summed E-state index contributed by atoms with van der Waals surface area (Å²) in [5, 5.41) is 13.1. The number of aromatic nitrogens is 3. The largest absolute Gasteiger partial charge is 0.478 e. The monoisotopic (exact) mass is 462 g/mol. The fraction of sp³-hybridized carbons (Fsp3) is 0.208. The molecule has 8 nitrogen and oxygen atoms in total. The molecule has 1 aliphatic heterocycles. The molecule has 0 unspecified atom stereocenters. The summed E-state index contributed by atoms with van der Waals surface area (Å²) in [7, 11) is 0. The van der Waals surface area contributed by atoms with Crippen molar-refractivity contribution < 1.29 is 9.90 Å². The number of hydrogen-bond donors (Lipinski definition) is 3. The van der Waals surface area contributed by atoms with Gasteiger partial charge in [0.25, 0.3) is 0 Å². The molecule has 9 heteroatoms. The van der Waals surface area contributed by atoms with Gasteiger partial charge in [-0.15, -0.1) is 0 Å². The zero-order valence-electron chi connectivity index (χ0n) is 17.8. The third kappa shape index (κ3) is 4.76. The lowest BCUT2D eigenvalue weighted by Crippen LogP contribution is -2.46. The molecule has 0 saturated carbocycles. The highest BCUT2D eigenvalue weighted by Crippen LogP contribution is 2.26. The van der Waals surface area contributed by atoms with Gasteiger partial charge in [0.1, 0.15) is 5.82 Å². The number of aromatic carboxylic acids is 1. The number of aromatic amines is 1. The summed E-state index contributed by atoms with van der Waals surface area (Å²) >= 11 is 6.35. The summed E-state index contributed by atoms with van der Waals surface area (Å²) in [5.74, 6) is 0.230. The molecule has 0 radical (unpaired) electrons. The van der Waals surface area contributed by atoms with Gasteiger partial charge in [-0.05, 0) is 48.0 Å². The first-order valence-corrected chi connectivity index (χ1v) is 11.1. The first-order valence-electron chi connectivity index (χ1n) is 10.7. The number of carboxylic acids is 1. The van der Waals surface area contributed by atoms with Crippen molar-refractivity contribution in [2.75, 3.05) is 36.4 Å².